The van der Waals surface area contributed by atoms with Gasteiger partial charge in [0.2, 0.25) is 0 Å². The number of nitrogens with zero attached hydrogens (tertiary/aromatic N) is 3. The molecule has 3 rings (SSSR count). The number of hydrogen-bond acceptors (Lipinski definition) is 3. The van der Waals surface area contributed by atoms with Crippen LogP contribution in [0.3, 0.4) is 0 Å². The number of pyridine rings is 1. The number of benzene rings is 1. The molecule has 32 heavy (non-hydrogen) atoms. The van der Waals surface area contributed by atoms with Gasteiger partial charge < -0.3 is 0 Å². The molecule has 2 heterocycles. The van der Waals surface area contributed by atoms with Gasteiger partial charge in [0.15, 0.2) is 0 Å². The van der Waals surface area contributed by atoms with Crippen molar-refractivity contribution >= 4 is 49.7 Å². The second kappa shape index (κ2) is 12.2. The Balaban J connectivity index is 1.84. The zero-order valence-electron chi connectivity index (χ0n) is 20.1. The van der Waals surface area contributed by atoms with Crippen molar-refractivity contribution in [3.8, 4) is 0 Å². The molecule has 0 aliphatic rings. The second-order valence-electron chi connectivity index (χ2n) is 8.85. The number of nitrogens with one attached hydrogen (secondary N) is 1. The Morgan fingerprint density at radius 3 is 2.16 bits per heavy atom. The Kier molecular flexibility index (Phi) is 9.59. The SMILES string of the molecule is CCC[CH2][Sn]([CH2]CCC)([CH2]CCC)[c]1ccc(S(=O)Nc2cccc3cnn(C)c23)cn1. The fourth-order valence-corrected chi connectivity index (χ4v) is 20.8. The zero-order chi connectivity index (χ0) is 23.0. The minimum atomic E-state index is -2.55. The average Bonchev–Trinajstić information content (AvgIpc) is 3.21. The third-order valence-corrected chi connectivity index (χ3v) is 22.7. The van der Waals surface area contributed by atoms with Gasteiger partial charge in [-0.15, -0.1) is 0 Å². The Morgan fingerprint density at radius 1 is 0.938 bits per heavy atom. The van der Waals surface area contributed by atoms with Crippen LogP contribution >= 0.6 is 0 Å². The number of aryl methyl sites for hydroxylation is 1. The molecule has 0 saturated heterocycles. The molecule has 0 bridgehead atoms. The monoisotopic (exact) mass is 562 g/mol. The first-order chi connectivity index (χ1) is 15.5. The van der Waals surface area contributed by atoms with Crippen molar-refractivity contribution in [3.05, 3.63) is 42.7 Å². The fourth-order valence-electron chi connectivity index (χ4n) is 4.58. The van der Waals surface area contributed by atoms with E-state index in [1.54, 1.807) is 0 Å². The van der Waals surface area contributed by atoms with Crippen LogP contribution in [0.15, 0.2) is 47.6 Å². The Hall–Kier alpha value is -1.41. The van der Waals surface area contributed by atoms with Crippen LogP contribution in [0.4, 0.5) is 5.69 Å². The summed E-state index contributed by atoms with van der Waals surface area (Å²) in [4.78, 5) is 5.72. The van der Waals surface area contributed by atoms with Gasteiger partial charge in [-0.25, -0.2) is 0 Å². The van der Waals surface area contributed by atoms with Crippen molar-refractivity contribution in [2.24, 2.45) is 7.05 Å². The summed E-state index contributed by atoms with van der Waals surface area (Å²) >= 11 is -2.55. The average molecular weight is 561 g/mol. The van der Waals surface area contributed by atoms with Crippen LogP contribution in [0, 0.1) is 0 Å². The molecule has 0 aliphatic heterocycles. The molecule has 0 amide bonds. The van der Waals surface area contributed by atoms with Gasteiger partial charge in [0.25, 0.3) is 0 Å². The van der Waals surface area contributed by atoms with Crippen molar-refractivity contribution in [2.75, 3.05) is 4.72 Å². The molecule has 174 valence electrons. The van der Waals surface area contributed by atoms with Crippen LogP contribution in [0.1, 0.15) is 59.3 Å². The van der Waals surface area contributed by atoms with Gasteiger partial charge in [-0.2, -0.15) is 0 Å². The van der Waals surface area contributed by atoms with E-state index in [0.717, 1.165) is 21.5 Å². The van der Waals surface area contributed by atoms with Crippen LogP contribution in [0.5, 0.6) is 0 Å². The van der Waals surface area contributed by atoms with Gasteiger partial charge in [-0.05, 0) is 0 Å². The Labute approximate surface area is 199 Å². The number of hydrogen-bond donors (Lipinski definition) is 1. The van der Waals surface area contributed by atoms with Gasteiger partial charge in [-0.1, -0.05) is 0 Å². The van der Waals surface area contributed by atoms with E-state index >= 15 is 0 Å². The third kappa shape index (κ3) is 5.93. The molecule has 0 aliphatic carbocycles. The normalized spacial score (nSPS) is 12.9. The van der Waals surface area contributed by atoms with E-state index in [1.165, 1.54) is 55.5 Å². The zero-order valence-corrected chi connectivity index (χ0v) is 23.7. The quantitative estimate of drug-likeness (QED) is 0.255. The van der Waals surface area contributed by atoms with E-state index in [2.05, 4.69) is 36.7 Å². The molecule has 0 radical (unpaired) electrons. The molecule has 7 heteroatoms. The molecule has 2 aromatic heterocycles. The van der Waals surface area contributed by atoms with Crippen molar-refractivity contribution in [1.29, 1.82) is 0 Å². The molecule has 0 saturated carbocycles. The van der Waals surface area contributed by atoms with Gasteiger partial charge >= 0.3 is 201 Å². The van der Waals surface area contributed by atoms with E-state index in [1.807, 2.05) is 48.4 Å². The van der Waals surface area contributed by atoms with Crippen molar-refractivity contribution in [3.63, 3.8) is 0 Å². The van der Waals surface area contributed by atoms with Gasteiger partial charge in [0, 0.05) is 0 Å². The van der Waals surface area contributed by atoms with E-state index < -0.39 is 29.4 Å². The van der Waals surface area contributed by atoms with Crippen LogP contribution in [-0.4, -0.2) is 37.4 Å². The summed E-state index contributed by atoms with van der Waals surface area (Å²) in [6, 6.07) is 10.2. The van der Waals surface area contributed by atoms with Crippen molar-refractivity contribution < 1.29 is 4.21 Å². The first-order valence-corrected chi connectivity index (χ1v) is 20.7. The summed E-state index contributed by atoms with van der Waals surface area (Å²) in [7, 11) is 0.541. The molecule has 1 unspecified atom stereocenters. The number of unbranched alkanes of at least 4 members (excludes halogenated alkanes) is 3. The Bertz CT molecular complexity index is 997. The number of aromatic nitrogens is 3. The predicted octanol–water partition coefficient (Wildman–Crippen LogP) is 6.16. The maximum absolute atomic E-state index is 13.1. The minimum absolute atomic E-state index is 0.731. The summed E-state index contributed by atoms with van der Waals surface area (Å²) < 4.78 is 23.7. The number of fused-ring (bicyclic) bond motifs is 1. The van der Waals surface area contributed by atoms with Crippen LogP contribution in [0.25, 0.3) is 10.9 Å². The molecule has 1 N–H and O–H groups in total. The number of anilines is 1. The summed E-state index contributed by atoms with van der Waals surface area (Å²) in [5.41, 5.74) is 1.78. The predicted molar refractivity (Wildman–Crippen MR) is 140 cm³/mol. The van der Waals surface area contributed by atoms with Crippen LogP contribution < -0.4 is 8.43 Å². The van der Waals surface area contributed by atoms with E-state index in [0.29, 0.717) is 0 Å². The summed E-state index contributed by atoms with van der Waals surface area (Å²) in [6.07, 6.45) is 11.4. The molecule has 5 nitrogen and oxygen atoms in total. The Morgan fingerprint density at radius 2 is 1.59 bits per heavy atom. The summed E-state index contributed by atoms with van der Waals surface area (Å²) in [6.45, 7) is 6.89. The van der Waals surface area contributed by atoms with Gasteiger partial charge in [0.05, 0.1) is 0 Å². The first-order valence-electron chi connectivity index (χ1n) is 12.1. The number of para-hydroxylation sites is 1. The third-order valence-electron chi connectivity index (χ3n) is 6.48. The molecular formula is C25H38N4OSSn. The molecule has 1 aromatic carbocycles. The van der Waals surface area contributed by atoms with Crippen molar-refractivity contribution in [1.82, 2.24) is 14.8 Å². The van der Waals surface area contributed by atoms with Gasteiger partial charge in [-0.3, -0.25) is 0 Å². The standard InChI is InChI=1S/C13H11N4OS.3C4H9.Sn/c1-17-13-10(8-15-17)4-2-6-12(13)16-19(18)11-5-3-7-14-9-11;3*1-3-4-2;/h2-6,8-9,16H,1H3;3*1,3-4H2,2H3;. The maximum atomic E-state index is 13.1. The summed E-state index contributed by atoms with van der Waals surface area (Å²) in [5, 5.41) is 5.35. The second-order valence-corrected chi connectivity index (χ2v) is 23.1. The fraction of sp³-hybridized carbons (Fsp3) is 0.520. The van der Waals surface area contributed by atoms with Gasteiger partial charge in [0.1, 0.15) is 0 Å². The summed E-state index contributed by atoms with van der Waals surface area (Å²) in [5.74, 6) is 0. The molecule has 3 aromatic rings. The number of rotatable bonds is 13. The van der Waals surface area contributed by atoms with E-state index in [4.69, 9.17) is 4.98 Å². The first kappa shape index (κ1) is 25.2. The molecule has 0 spiro atoms. The van der Waals surface area contributed by atoms with Crippen molar-refractivity contribution in [2.45, 2.75) is 77.5 Å². The molecular weight excluding hydrogens is 523 g/mol. The molecule has 1 atom stereocenters. The van der Waals surface area contributed by atoms with E-state index in [9.17, 15) is 4.21 Å². The molecule has 0 fully saturated rings. The van der Waals surface area contributed by atoms with E-state index in [-0.39, 0.29) is 0 Å². The van der Waals surface area contributed by atoms with Crippen LogP contribution in [0.2, 0.25) is 13.3 Å². The topological polar surface area (TPSA) is 59.8 Å². The van der Waals surface area contributed by atoms with Crippen LogP contribution in [-0.2, 0) is 18.0 Å².